The van der Waals surface area contributed by atoms with E-state index in [1.165, 1.54) is 26.4 Å². The minimum atomic E-state index is -0.958. The van der Waals surface area contributed by atoms with Crippen molar-refractivity contribution in [3.05, 3.63) is 0 Å². The summed E-state index contributed by atoms with van der Waals surface area (Å²) in [5, 5.41) is 12.0. The molecule has 2 N–H and O–H groups in total. The normalized spacial score (nSPS) is 43.2. The van der Waals surface area contributed by atoms with Gasteiger partial charge in [0.15, 0.2) is 5.79 Å². The molecule has 5 nitrogen and oxygen atoms in total. The molecule has 2 aliphatic heterocycles. The lowest BCUT2D eigenvalue weighted by atomic mass is 9.90. The number of fused-ring (bicyclic) bond motifs is 1. The van der Waals surface area contributed by atoms with E-state index in [-0.39, 0.29) is 0 Å². The van der Waals surface area contributed by atoms with Gasteiger partial charge in [0.25, 0.3) is 0 Å². The van der Waals surface area contributed by atoms with Crippen LogP contribution in [0.5, 0.6) is 0 Å². The molecule has 17 heavy (non-hydrogen) atoms. The van der Waals surface area contributed by atoms with Gasteiger partial charge in [-0.25, -0.2) is 0 Å². The van der Waals surface area contributed by atoms with Crippen LogP contribution < -0.4 is 5.32 Å². The van der Waals surface area contributed by atoms with E-state index >= 15 is 0 Å². The molecule has 3 rings (SSSR count). The van der Waals surface area contributed by atoms with Crippen LogP contribution in [0.15, 0.2) is 0 Å². The summed E-state index contributed by atoms with van der Waals surface area (Å²) in [6.45, 7) is 5.13. The molecule has 0 aromatic carbocycles. The number of nitrogens with one attached hydrogen (secondary N) is 1. The van der Waals surface area contributed by atoms with Crippen molar-refractivity contribution < 1.29 is 19.3 Å². The Morgan fingerprint density at radius 2 is 2.00 bits per heavy atom. The van der Waals surface area contributed by atoms with Crippen LogP contribution in [0.2, 0.25) is 0 Å². The molecule has 2 bridgehead atoms. The van der Waals surface area contributed by atoms with Crippen LogP contribution in [-0.2, 0) is 14.2 Å². The van der Waals surface area contributed by atoms with Crippen molar-refractivity contribution in [2.45, 2.75) is 70.0 Å². The summed E-state index contributed by atoms with van der Waals surface area (Å²) in [5.74, 6) is -1.40. The Kier molecular flexibility index (Phi) is 3.49. The molecular formula is C12H23NO4. The first-order valence-corrected chi connectivity index (χ1v) is 6.24. The van der Waals surface area contributed by atoms with Crippen LogP contribution in [-0.4, -0.2) is 42.2 Å². The average molecular weight is 245 g/mol. The predicted molar refractivity (Wildman–Crippen MR) is 62.2 cm³/mol. The summed E-state index contributed by atoms with van der Waals surface area (Å²) in [4.78, 5) is 0. The number of aliphatic hydroxyl groups is 1. The van der Waals surface area contributed by atoms with E-state index < -0.39 is 11.7 Å². The fraction of sp³-hybridized carbons (Fsp3) is 1.00. The average Bonchev–Trinajstić information content (AvgIpc) is 2.70. The molecule has 100 valence electrons. The summed E-state index contributed by atoms with van der Waals surface area (Å²) >= 11 is 0. The van der Waals surface area contributed by atoms with Gasteiger partial charge in [0.1, 0.15) is 6.10 Å². The van der Waals surface area contributed by atoms with Gasteiger partial charge in [-0.1, -0.05) is 0 Å². The Morgan fingerprint density at radius 3 is 2.41 bits per heavy atom. The van der Waals surface area contributed by atoms with E-state index in [2.05, 4.69) is 10.1 Å². The van der Waals surface area contributed by atoms with Gasteiger partial charge < -0.3 is 19.3 Å². The largest absolute Gasteiger partial charge is 0.366 e. The van der Waals surface area contributed by atoms with E-state index in [0.717, 1.165) is 0 Å². The van der Waals surface area contributed by atoms with Crippen LogP contribution in [0.1, 0.15) is 40.0 Å². The van der Waals surface area contributed by atoms with Gasteiger partial charge in [-0.15, -0.1) is 0 Å². The zero-order chi connectivity index (χ0) is 12.7. The second-order valence-electron chi connectivity index (χ2n) is 5.52. The zero-order valence-corrected chi connectivity index (χ0v) is 11.0. The van der Waals surface area contributed by atoms with E-state index in [4.69, 9.17) is 14.6 Å². The molecule has 4 atom stereocenters. The first-order chi connectivity index (χ1) is 7.83. The van der Waals surface area contributed by atoms with Crippen molar-refractivity contribution in [3.8, 4) is 0 Å². The maximum absolute atomic E-state index is 8.60. The van der Waals surface area contributed by atoms with Crippen molar-refractivity contribution in [3.63, 3.8) is 0 Å². The van der Waals surface area contributed by atoms with Gasteiger partial charge in [-0.3, -0.25) is 5.32 Å². The van der Waals surface area contributed by atoms with Gasteiger partial charge in [0.05, 0.1) is 6.10 Å². The Bertz CT molecular complexity index is 257. The third kappa shape index (κ3) is 2.98. The molecule has 2 heterocycles. The molecular weight excluding hydrogens is 222 g/mol. The van der Waals surface area contributed by atoms with Gasteiger partial charge in [-0.05, 0) is 33.1 Å². The van der Waals surface area contributed by atoms with Crippen LogP contribution >= 0.6 is 0 Å². The lowest BCUT2D eigenvalue weighted by molar-refractivity contribution is -0.165. The molecule has 0 aromatic heterocycles. The molecule has 0 aromatic rings. The Morgan fingerprint density at radius 1 is 1.35 bits per heavy atom. The minimum Gasteiger partial charge on any atom is -0.366 e. The maximum atomic E-state index is 8.60. The van der Waals surface area contributed by atoms with Gasteiger partial charge in [0.2, 0.25) is 5.91 Å². The molecule has 1 aliphatic carbocycles. The van der Waals surface area contributed by atoms with Crippen molar-refractivity contribution in [2.24, 2.45) is 0 Å². The number of ether oxygens (including phenoxy) is 3. The lowest BCUT2D eigenvalue weighted by Crippen LogP contribution is -2.53. The summed E-state index contributed by atoms with van der Waals surface area (Å²) in [6.07, 6.45) is 4.42. The van der Waals surface area contributed by atoms with Crippen LogP contribution in [0, 0.1) is 0 Å². The summed E-state index contributed by atoms with van der Waals surface area (Å²) in [7, 11) is 1.46. The molecule has 3 aliphatic rings. The molecule has 3 fully saturated rings. The fourth-order valence-electron chi connectivity index (χ4n) is 2.55. The van der Waals surface area contributed by atoms with E-state index in [1.54, 1.807) is 13.8 Å². The Labute approximate surface area is 102 Å². The Balaban J connectivity index is 0.000000157. The highest BCUT2D eigenvalue weighted by Gasteiger charge is 2.56. The van der Waals surface area contributed by atoms with Crippen molar-refractivity contribution >= 4 is 0 Å². The quantitative estimate of drug-likeness (QED) is 0.674. The zero-order valence-electron chi connectivity index (χ0n) is 11.0. The molecule has 0 radical (unpaired) electrons. The second-order valence-corrected chi connectivity index (χ2v) is 5.52. The number of rotatable bonds is 1. The smallest absolute Gasteiger partial charge is 0.225 e. The van der Waals surface area contributed by atoms with E-state index in [9.17, 15) is 0 Å². The predicted octanol–water partition coefficient (Wildman–Crippen LogP) is 0.961. The molecule has 0 spiro atoms. The van der Waals surface area contributed by atoms with Crippen molar-refractivity contribution in [1.29, 1.82) is 0 Å². The van der Waals surface area contributed by atoms with Gasteiger partial charge in [-0.2, -0.15) is 0 Å². The first-order valence-electron chi connectivity index (χ1n) is 6.24. The van der Waals surface area contributed by atoms with Crippen LogP contribution in [0.25, 0.3) is 0 Å². The maximum Gasteiger partial charge on any atom is 0.225 e. The van der Waals surface area contributed by atoms with Gasteiger partial charge in [0, 0.05) is 20.1 Å². The topological polar surface area (TPSA) is 60.0 Å². The summed E-state index contributed by atoms with van der Waals surface area (Å²) in [6, 6.07) is 0.562. The number of hydrogen-bond donors (Lipinski definition) is 2. The fourth-order valence-corrected chi connectivity index (χ4v) is 2.55. The highest BCUT2D eigenvalue weighted by Crippen LogP contribution is 2.41. The Hall–Kier alpha value is -0.200. The lowest BCUT2D eigenvalue weighted by Gasteiger charge is -2.34. The van der Waals surface area contributed by atoms with Crippen molar-refractivity contribution in [2.75, 3.05) is 7.11 Å². The molecule has 1 saturated carbocycles. The highest BCUT2D eigenvalue weighted by atomic mass is 16.8. The van der Waals surface area contributed by atoms with Crippen LogP contribution in [0.3, 0.4) is 0 Å². The SMILES string of the molecule is CC12NC3CCCC(O1)C3O2.COC(C)(C)O. The number of methoxy groups -OCH3 is 1. The molecule has 2 saturated heterocycles. The summed E-state index contributed by atoms with van der Waals surface area (Å²) < 4.78 is 15.9. The van der Waals surface area contributed by atoms with E-state index in [1.807, 2.05) is 6.92 Å². The molecule has 5 heteroatoms. The standard InChI is InChI=1S/C8H13NO2.C4H10O2/c1-8-9-5-3-2-4-6(10-8)7(5)11-8;1-4(2,5)6-3/h5-7,9H,2-4H2,1H3;5H,1-3H3. The third-order valence-corrected chi connectivity index (χ3v) is 3.45. The third-order valence-electron chi connectivity index (χ3n) is 3.45. The van der Waals surface area contributed by atoms with Crippen molar-refractivity contribution in [1.82, 2.24) is 5.32 Å². The minimum absolute atomic E-state index is 0.341. The summed E-state index contributed by atoms with van der Waals surface area (Å²) in [5.41, 5.74) is 0. The first kappa shape index (κ1) is 13.2. The highest BCUT2D eigenvalue weighted by molar-refractivity contribution is 5.01. The van der Waals surface area contributed by atoms with Crippen LogP contribution in [0.4, 0.5) is 0 Å². The molecule has 0 amide bonds. The number of hydrogen-bond acceptors (Lipinski definition) is 5. The monoisotopic (exact) mass is 245 g/mol. The second kappa shape index (κ2) is 4.48. The van der Waals surface area contributed by atoms with Gasteiger partial charge >= 0.3 is 0 Å². The molecule has 4 unspecified atom stereocenters. The van der Waals surface area contributed by atoms with E-state index in [0.29, 0.717) is 18.2 Å².